The average Bonchev–Trinajstić information content (AvgIpc) is 2.48. The van der Waals surface area contributed by atoms with Gasteiger partial charge in [-0.25, -0.2) is 9.59 Å². The summed E-state index contributed by atoms with van der Waals surface area (Å²) in [5.74, 6) is -0.949. The molecule has 0 radical (unpaired) electrons. The fourth-order valence-corrected chi connectivity index (χ4v) is 3.46. The van der Waals surface area contributed by atoms with Gasteiger partial charge in [0.05, 0.1) is 12.0 Å². The van der Waals surface area contributed by atoms with Gasteiger partial charge in [0, 0.05) is 13.1 Å². The van der Waals surface area contributed by atoms with Crippen molar-refractivity contribution >= 4 is 18.2 Å². The van der Waals surface area contributed by atoms with Gasteiger partial charge in [-0.15, -0.1) is 0 Å². The number of alkyl carbamates (subject to hydrolysis) is 1. The van der Waals surface area contributed by atoms with E-state index in [0.717, 1.165) is 19.3 Å². The topological polar surface area (TPSA) is 105 Å². The number of hydrogen-bond donors (Lipinski definition) is 2. The molecule has 1 aliphatic carbocycles. The molecule has 2 amide bonds. The van der Waals surface area contributed by atoms with E-state index in [0.29, 0.717) is 12.8 Å². The van der Waals surface area contributed by atoms with Crippen LogP contribution in [0.2, 0.25) is 0 Å². The minimum Gasteiger partial charge on any atom is -0.481 e. The summed E-state index contributed by atoms with van der Waals surface area (Å²) in [7, 11) is 0. The molecule has 0 saturated heterocycles. The van der Waals surface area contributed by atoms with Crippen molar-refractivity contribution in [2.45, 2.75) is 96.8 Å². The van der Waals surface area contributed by atoms with Gasteiger partial charge in [0.25, 0.3) is 0 Å². The van der Waals surface area contributed by atoms with E-state index in [1.165, 1.54) is 4.90 Å². The van der Waals surface area contributed by atoms with Crippen molar-refractivity contribution in [2.75, 3.05) is 13.1 Å². The number of ether oxygens (including phenoxy) is 2. The van der Waals surface area contributed by atoms with Crippen molar-refractivity contribution < 1.29 is 29.0 Å². The Bertz CT molecular complexity index is 556. The van der Waals surface area contributed by atoms with Crippen LogP contribution >= 0.6 is 0 Å². The first-order valence-electron chi connectivity index (χ1n) is 9.93. The van der Waals surface area contributed by atoms with Gasteiger partial charge in [-0.1, -0.05) is 19.3 Å². The lowest BCUT2D eigenvalue weighted by Crippen LogP contribution is -2.57. The summed E-state index contributed by atoms with van der Waals surface area (Å²) in [5.41, 5.74) is -2.13. The molecule has 1 saturated carbocycles. The van der Waals surface area contributed by atoms with E-state index in [-0.39, 0.29) is 19.5 Å². The van der Waals surface area contributed by atoms with Gasteiger partial charge in [0.1, 0.15) is 11.2 Å². The lowest BCUT2D eigenvalue weighted by atomic mass is 9.78. The molecule has 2 N–H and O–H groups in total. The first-order chi connectivity index (χ1) is 12.7. The van der Waals surface area contributed by atoms with Crippen LogP contribution < -0.4 is 5.32 Å². The Kier molecular flexibility index (Phi) is 8.14. The molecule has 28 heavy (non-hydrogen) atoms. The van der Waals surface area contributed by atoms with Gasteiger partial charge in [-0.05, 0) is 54.4 Å². The minimum absolute atomic E-state index is 0.140. The van der Waals surface area contributed by atoms with Crippen molar-refractivity contribution in [3.05, 3.63) is 0 Å². The van der Waals surface area contributed by atoms with Crippen LogP contribution in [0.1, 0.15) is 80.1 Å². The molecule has 0 spiro atoms. The number of rotatable bonds is 6. The van der Waals surface area contributed by atoms with Crippen molar-refractivity contribution in [1.82, 2.24) is 10.2 Å². The second-order valence-electron chi connectivity index (χ2n) is 9.42. The van der Waals surface area contributed by atoms with Crippen molar-refractivity contribution in [3.63, 3.8) is 0 Å². The second-order valence-corrected chi connectivity index (χ2v) is 9.42. The Hall–Kier alpha value is -1.99. The molecule has 0 aromatic rings. The fourth-order valence-electron chi connectivity index (χ4n) is 3.46. The fraction of sp³-hybridized carbons (Fsp3) is 0.850. The van der Waals surface area contributed by atoms with Crippen LogP contribution in [0.25, 0.3) is 0 Å². The monoisotopic (exact) mass is 400 g/mol. The molecule has 0 heterocycles. The maximum Gasteiger partial charge on any atom is 0.410 e. The number of nitrogens with one attached hydrogen (secondary N) is 1. The maximum absolute atomic E-state index is 12.9. The number of carbonyl (C=O) groups is 3. The smallest absolute Gasteiger partial charge is 0.410 e. The van der Waals surface area contributed by atoms with E-state index >= 15 is 0 Å². The van der Waals surface area contributed by atoms with E-state index in [4.69, 9.17) is 9.47 Å². The van der Waals surface area contributed by atoms with E-state index in [2.05, 4.69) is 5.32 Å². The van der Waals surface area contributed by atoms with Gasteiger partial charge < -0.3 is 24.8 Å². The van der Waals surface area contributed by atoms with E-state index in [1.54, 1.807) is 41.5 Å². The highest BCUT2D eigenvalue weighted by atomic mass is 16.6. The summed E-state index contributed by atoms with van der Waals surface area (Å²) in [6, 6.07) is 0. The Morgan fingerprint density at radius 2 is 1.50 bits per heavy atom. The molecule has 0 aromatic heterocycles. The van der Waals surface area contributed by atoms with Crippen LogP contribution in [0, 0.1) is 0 Å². The minimum atomic E-state index is -0.949. The molecule has 1 aliphatic rings. The molecule has 0 aliphatic heterocycles. The number of aliphatic carboxylic acids is 1. The second kappa shape index (κ2) is 9.47. The first kappa shape index (κ1) is 24.0. The molecule has 0 atom stereocenters. The molecule has 8 heteroatoms. The normalized spacial score (nSPS) is 16.8. The quantitative estimate of drug-likeness (QED) is 0.700. The predicted molar refractivity (Wildman–Crippen MR) is 105 cm³/mol. The summed E-state index contributed by atoms with van der Waals surface area (Å²) in [6.07, 6.45) is 2.65. The van der Waals surface area contributed by atoms with Crippen molar-refractivity contribution in [3.8, 4) is 0 Å². The van der Waals surface area contributed by atoms with Gasteiger partial charge >= 0.3 is 18.2 Å². The summed E-state index contributed by atoms with van der Waals surface area (Å²) < 4.78 is 10.8. The Morgan fingerprint density at radius 1 is 0.964 bits per heavy atom. The number of amides is 2. The van der Waals surface area contributed by atoms with E-state index in [1.807, 2.05) is 0 Å². The van der Waals surface area contributed by atoms with Gasteiger partial charge in [-0.3, -0.25) is 4.79 Å². The SMILES string of the molecule is CC(C)(C)OC(=O)NCCN(C(=O)OC(C)(C)C)C1(CC(=O)O)CCCCC1. The zero-order chi connectivity index (χ0) is 21.6. The average molecular weight is 401 g/mol. The van der Waals surface area contributed by atoms with Crippen LogP contribution in [-0.2, 0) is 14.3 Å². The third-order valence-electron chi connectivity index (χ3n) is 4.45. The van der Waals surface area contributed by atoms with Crippen LogP contribution in [-0.4, -0.2) is 58.0 Å². The van der Waals surface area contributed by atoms with Crippen LogP contribution in [0.15, 0.2) is 0 Å². The van der Waals surface area contributed by atoms with Crippen LogP contribution in [0.3, 0.4) is 0 Å². The predicted octanol–water partition coefficient (Wildman–Crippen LogP) is 3.93. The highest BCUT2D eigenvalue weighted by Crippen LogP contribution is 2.37. The molecule has 162 valence electrons. The number of nitrogens with zero attached hydrogens (tertiary/aromatic N) is 1. The standard InChI is InChI=1S/C20H36N2O6/c1-18(2,3)27-16(25)21-12-13-22(17(26)28-19(4,5)6)20(14-15(23)24)10-8-7-9-11-20/h7-14H2,1-6H3,(H,21,25)(H,23,24). The molecule has 0 unspecified atom stereocenters. The zero-order valence-electron chi connectivity index (χ0n) is 18.1. The molecular weight excluding hydrogens is 364 g/mol. The third-order valence-corrected chi connectivity index (χ3v) is 4.45. The van der Waals surface area contributed by atoms with Gasteiger partial charge in [-0.2, -0.15) is 0 Å². The Morgan fingerprint density at radius 3 is 1.96 bits per heavy atom. The Labute approximate surface area is 167 Å². The first-order valence-corrected chi connectivity index (χ1v) is 9.93. The van der Waals surface area contributed by atoms with Crippen LogP contribution in [0.5, 0.6) is 0 Å². The third kappa shape index (κ3) is 8.35. The maximum atomic E-state index is 12.9. The molecular formula is C20H36N2O6. The lowest BCUT2D eigenvalue weighted by Gasteiger charge is -2.45. The summed E-state index contributed by atoms with van der Waals surface area (Å²) in [4.78, 5) is 37.9. The molecule has 0 bridgehead atoms. The molecule has 1 fully saturated rings. The summed E-state index contributed by atoms with van der Waals surface area (Å²) in [5, 5.41) is 12.1. The molecule has 8 nitrogen and oxygen atoms in total. The van der Waals surface area contributed by atoms with Gasteiger partial charge in [0.2, 0.25) is 0 Å². The van der Waals surface area contributed by atoms with Crippen molar-refractivity contribution in [1.29, 1.82) is 0 Å². The lowest BCUT2D eigenvalue weighted by molar-refractivity contribution is -0.141. The van der Waals surface area contributed by atoms with Gasteiger partial charge in [0.15, 0.2) is 0 Å². The van der Waals surface area contributed by atoms with E-state index < -0.39 is 34.9 Å². The van der Waals surface area contributed by atoms with Crippen LogP contribution in [0.4, 0.5) is 9.59 Å². The molecule has 1 rings (SSSR count). The number of carbonyl (C=O) groups excluding carboxylic acids is 2. The highest BCUT2D eigenvalue weighted by Gasteiger charge is 2.43. The van der Waals surface area contributed by atoms with Crippen molar-refractivity contribution in [2.24, 2.45) is 0 Å². The van der Waals surface area contributed by atoms with E-state index in [9.17, 15) is 19.5 Å². The Balaban J connectivity index is 2.95. The highest BCUT2D eigenvalue weighted by molar-refractivity contribution is 5.73. The number of carboxylic acid groups (broad SMARTS) is 1. The summed E-state index contributed by atoms with van der Waals surface area (Å²) in [6.45, 7) is 10.9. The number of carboxylic acids is 1. The molecule has 0 aromatic carbocycles. The zero-order valence-corrected chi connectivity index (χ0v) is 18.1. The summed E-state index contributed by atoms with van der Waals surface area (Å²) >= 11 is 0. The largest absolute Gasteiger partial charge is 0.481 e. The number of hydrogen-bond acceptors (Lipinski definition) is 5.